The highest BCUT2D eigenvalue weighted by Crippen LogP contribution is 2.23. The first-order valence-electron chi connectivity index (χ1n) is 11.7. The van der Waals surface area contributed by atoms with E-state index in [1.807, 2.05) is 27.7 Å². The molecule has 0 radical (unpaired) electrons. The van der Waals surface area contributed by atoms with Crippen molar-refractivity contribution in [3.05, 3.63) is 54.1 Å². The SMILES string of the molecule is CCOc1ccc(N(CC(=O)N(Cc2ccc(OC)cc2)[C@@H](C)C(=O)NC(C)(C)C)S(C)(=O)=O)cc1. The number of anilines is 1. The molecule has 0 unspecified atom stereocenters. The van der Waals surface area contributed by atoms with Gasteiger partial charge in [-0.05, 0) is 76.6 Å². The minimum atomic E-state index is -3.80. The Labute approximate surface area is 214 Å². The summed E-state index contributed by atoms with van der Waals surface area (Å²) in [5.41, 5.74) is 0.596. The van der Waals surface area contributed by atoms with Crippen LogP contribution in [-0.4, -0.2) is 63.2 Å². The molecule has 0 aliphatic heterocycles. The van der Waals surface area contributed by atoms with Crippen LogP contribution in [0.25, 0.3) is 0 Å². The Bertz CT molecular complexity index is 1130. The summed E-state index contributed by atoms with van der Waals surface area (Å²) in [6, 6.07) is 12.8. The van der Waals surface area contributed by atoms with E-state index >= 15 is 0 Å². The average molecular weight is 520 g/mol. The van der Waals surface area contributed by atoms with Crippen LogP contribution in [0.4, 0.5) is 5.69 Å². The van der Waals surface area contributed by atoms with Crippen LogP contribution in [0, 0.1) is 0 Å². The van der Waals surface area contributed by atoms with Crippen molar-refractivity contribution in [1.82, 2.24) is 10.2 Å². The molecule has 198 valence electrons. The molecule has 1 N–H and O–H groups in total. The molecule has 0 saturated heterocycles. The predicted octanol–water partition coefficient (Wildman–Crippen LogP) is 3.19. The van der Waals surface area contributed by atoms with Gasteiger partial charge in [0.25, 0.3) is 0 Å². The van der Waals surface area contributed by atoms with Crippen LogP contribution in [0.5, 0.6) is 11.5 Å². The number of hydrogen-bond acceptors (Lipinski definition) is 6. The summed E-state index contributed by atoms with van der Waals surface area (Å²) in [6.45, 7) is 9.16. The molecule has 0 aliphatic carbocycles. The molecule has 0 bridgehead atoms. The number of carbonyl (C=O) groups excluding carboxylic acids is 2. The third-order valence-corrected chi connectivity index (χ3v) is 6.43. The molecule has 2 aromatic rings. The number of nitrogens with zero attached hydrogens (tertiary/aromatic N) is 2. The molecule has 0 saturated carbocycles. The molecule has 0 spiro atoms. The molecule has 2 amide bonds. The zero-order chi connectivity index (χ0) is 27.1. The summed E-state index contributed by atoms with van der Waals surface area (Å²) in [6.07, 6.45) is 1.04. The highest BCUT2D eigenvalue weighted by Gasteiger charge is 2.31. The van der Waals surface area contributed by atoms with Gasteiger partial charge in [-0.25, -0.2) is 8.42 Å². The maximum atomic E-state index is 13.6. The Hall–Kier alpha value is -3.27. The van der Waals surface area contributed by atoms with E-state index in [1.54, 1.807) is 62.6 Å². The van der Waals surface area contributed by atoms with Crippen molar-refractivity contribution < 1.29 is 27.5 Å². The number of hydrogen-bond donors (Lipinski definition) is 1. The molecule has 0 aliphatic rings. The number of carbonyl (C=O) groups is 2. The van der Waals surface area contributed by atoms with E-state index in [0.29, 0.717) is 23.8 Å². The van der Waals surface area contributed by atoms with Crippen LogP contribution in [0.2, 0.25) is 0 Å². The van der Waals surface area contributed by atoms with Gasteiger partial charge in [-0.3, -0.25) is 13.9 Å². The average Bonchev–Trinajstić information content (AvgIpc) is 2.80. The minimum absolute atomic E-state index is 0.114. The van der Waals surface area contributed by atoms with Crippen LogP contribution in [0.1, 0.15) is 40.2 Å². The standard InChI is InChI=1S/C26H37N3O6S/c1-8-35-23-15-11-21(12-16-23)29(36(7,32)33)18-24(30)28(19(2)25(31)27-26(3,4)5)17-20-9-13-22(34-6)14-10-20/h9-16,19H,8,17-18H2,1-7H3,(H,27,31)/t19-/m0/s1. The molecule has 1 atom stereocenters. The van der Waals surface area contributed by atoms with Crippen molar-refractivity contribution in [3.8, 4) is 11.5 Å². The zero-order valence-corrected chi connectivity index (χ0v) is 22.9. The van der Waals surface area contributed by atoms with Gasteiger partial charge in [-0.2, -0.15) is 0 Å². The Morgan fingerprint density at radius 3 is 2.03 bits per heavy atom. The van der Waals surface area contributed by atoms with E-state index in [2.05, 4.69) is 5.32 Å². The summed E-state index contributed by atoms with van der Waals surface area (Å²) in [7, 11) is -2.24. The van der Waals surface area contributed by atoms with E-state index in [9.17, 15) is 18.0 Å². The molecule has 10 heteroatoms. The molecular formula is C26H37N3O6S. The van der Waals surface area contributed by atoms with Crippen LogP contribution in [-0.2, 0) is 26.2 Å². The molecule has 2 rings (SSSR count). The number of ether oxygens (including phenoxy) is 2. The van der Waals surface area contributed by atoms with E-state index in [0.717, 1.165) is 16.1 Å². The summed E-state index contributed by atoms with van der Waals surface area (Å²) in [5.74, 6) is 0.404. The summed E-state index contributed by atoms with van der Waals surface area (Å²) in [5, 5.41) is 2.89. The van der Waals surface area contributed by atoms with Crippen molar-refractivity contribution in [1.29, 1.82) is 0 Å². The van der Waals surface area contributed by atoms with E-state index < -0.39 is 34.1 Å². The van der Waals surface area contributed by atoms with E-state index in [-0.39, 0.29) is 12.5 Å². The van der Waals surface area contributed by atoms with Gasteiger partial charge in [-0.15, -0.1) is 0 Å². The summed E-state index contributed by atoms with van der Waals surface area (Å²) < 4.78 is 37.0. The first-order chi connectivity index (χ1) is 16.7. The molecule has 0 heterocycles. The summed E-state index contributed by atoms with van der Waals surface area (Å²) in [4.78, 5) is 27.9. The van der Waals surface area contributed by atoms with Gasteiger partial charge < -0.3 is 19.7 Å². The van der Waals surface area contributed by atoms with Gasteiger partial charge in [0, 0.05) is 12.1 Å². The second kappa shape index (κ2) is 12.1. The molecule has 9 nitrogen and oxygen atoms in total. The number of amides is 2. The fraction of sp³-hybridized carbons (Fsp3) is 0.462. The van der Waals surface area contributed by atoms with E-state index in [4.69, 9.17) is 9.47 Å². The largest absolute Gasteiger partial charge is 0.497 e. The lowest BCUT2D eigenvalue weighted by atomic mass is 10.1. The Morgan fingerprint density at radius 1 is 1.00 bits per heavy atom. The normalized spacial score (nSPS) is 12.4. The third-order valence-electron chi connectivity index (χ3n) is 5.29. The monoisotopic (exact) mass is 519 g/mol. The molecule has 2 aromatic carbocycles. The fourth-order valence-corrected chi connectivity index (χ4v) is 4.32. The van der Waals surface area contributed by atoms with Gasteiger partial charge in [0.2, 0.25) is 21.8 Å². The second-order valence-electron chi connectivity index (χ2n) is 9.48. The lowest BCUT2D eigenvalue weighted by Crippen LogP contribution is -2.54. The quantitative estimate of drug-likeness (QED) is 0.489. The fourth-order valence-electron chi connectivity index (χ4n) is 3.47. The van der Waals surface area contributed by atoms with Gasteiger partial charge in [0.05, 0.1) is 25.7 Å². The van der Waals surface area contributed by atoms with Crippen LogP contribution >= 0.6 is 0 Å². The second-order valence-corrected chi connectivity index (χ2v) is 11.4. The number of methoxy groups -OCH3 is 1. The van der Waals surface area contributed by atoms with Crippen molar-refractivity contribution in [2.45, 2.75) is 52.7 Å². The van der Waals surface area contributed by atoms with Crippen molar-refractivity contribution in [2.75, 3.05) is 30.8 Å². The molecular weight excluding hydrogens is 482 g/mol. The highest BCUT2D eigenvalue weighted by atomic mass is 32.2. The van der Waals surface area contributed by atoms with Crippen LogP contribution < -0.4 is 19.1 Å². The van der Waals surface area contributed by atoms with Crippen molar-refractivity contribution in [3.63, 3.8) is 0 Å². The van der Waals surface area contributed by atoms with Crippen LogP contribution in [0.15, 0.2) is 48.5 Å². The molecule has 0 aromatic heterocycles. The van der Waals surface area contributed by atoms with Crippen molar-refractivity contribution in [2.24, 2.45) is 0 Å². The smallest absolute Gasteiger partial charge is 0.244 e. The lowest BCUT2D eigenvalue weighted by molar-refractivity contribution is -0.140. The number of nitrogens with one attached hydrogen (secondary N) is 1. The number of rotatable bonds is 11. The zero-order valence-electron chi connectivity index (χ0n) is 22.1. The van der Waals surface area contributed by atoms with Gasteiger partial charge in [-0.1, -0.05) is 12.1 Å². The van der Waals surface area contributed by atoms with E-state index in [1.165, 1.54) is 4.90 Å². The maximum absolute atomic E-state index is 13.6. The Balaban J connectivity index is 2.38. The predicted molar refractivity (Wildman–Crippen MR) is 141 cm³/mol. The topological polar surface area (TPSA) is 105 Å². The Morgan fingerprint density at radius 2 is 1.56 bits per heavy atom. The Kier molecular flexibility index (Phi) is 9.75. The van der Waals surface area contributed by atoms with Gasteiger partial charge in [0.1, 0.15) is 24.1 Å². The van der Waals surface area contributed by atoms with Gasteiger partial charge in [0.15, 0.2) is 0 Å². The first-order valence-corrected chi connectivity index (χ1v) is 13.5. The van der Waals surface area contributed by atoms with Crippen LogP contribution in [0.3, 0.4) is 0 Å². The summed E-state index contributed by atoms with van der Waals surface area (Å²) >= 11 is 0. The minimum Gasteiger partial charge on any atom is -0.497 e. The highest BCUT2D eigenvalue weighted by molar-refractivity contribution is 7.92. The maximum Gasteiger partial charge on any atom is 0.244 e. The lowest BCUT2D eigenvalue weighted by Gasteiger charge is -2.33. The molecule has 36 heavy (non-hydrogen) atoms. The number of sulfonamides is 1. The van der Waals surface area contributed by atoms with Crippen molar-refractivity contribution >= 4 is 27.5 Å². The van der Waals surface area contributed by atoms with Gasteiger partial charge >= 0.3 is 0 Å². The third kappa shape index (κ3) is 8.44. The molecule has 0 fully saturated rings. The first kappa shape index (κ1) is 29.0. The number of benzene rings is 2.